The first-order chi connectivity index (χ1) is 9.93. The monoisotopic (exact) mass is 289 g/mol. The molecule has 0 fully saturated rings. The molecule has 0 atom stereocenters. The minimum atomic E-state index is -1.22. The van der Waals surface area contributed by atoms with E-state index in [9.17, 15) is 14.4 Å². The van der Waals surface area contributed by atoms with Crippen LogP contribution in [0.25, 0.3) is 0 Å². The molecule has 7 heteroatoms. The van der Waals surface area contributed by atoms with E-state index in [0.29, 0.717) is 5.69 Å². The Kier molecular flexibility index (Phi) is 5.77. The molecule has 110 valence electrons. The van der Waals surface area contributed by atoms with Crippen LogP contribution in [0.1, 0.15) is 24.2 Å². The van der Waals surface area contributed by atoms with Crippen molar-refractivity contribution < 1.29 is 19.5 Å². The number of carboxylic acids is 1. The predicted octanol–water partition coefficient (Wildman–Crippen LogP) is 1.49. The number of urea groups is 1. The summed E-state index contributed by atoms with van der Waals surface area (Å²) in [5.74, 6) is 3.73. The van der Waals surface area contributed by atoms with E-state index in [-0.39, 0.29) is 23.7 Å². The third kappa shape index (κ3) is 5.24. The van der Waals surface area contributed by atoms with Crippen molar-refractivity contribution in [2.75, 3.05) is 17.2 Å². The molecule has 7 nitrogen and oxygen atoms in total. The Bertz CT molecular complexity index is 629. The number of hydrogen-bond donors (Lipinski definition) is 4. The molecule has 1 aromatic carbocycles. The summed E-state index contributed by atoms with van der Waals surface area (Å²) < 4.78 is 0. The molecule has 0 aliphatic rings. The van der Waals surface area contributed by atoms with E-state index in [2.05, 4.69) is 27.8 Å². The lowest BCUT2D eigenvalue weighted by molar-refractivity contribution is -0.114. The van der Waals surface area contributed by atoms with E-state index < -0.39 is 12.0 Å². The fourth-order valence-corrected chi connectivity index (χ4v) is 1.49. The van der Waals surface area contributed by atoms with E-state index in [1.807, 2.05) is 0 Å². The minimum absolute atomic E-state index is 0.124. The lowest BCUT2D eigenvalue weighted by Crippen LogP contribution is -2.29. The molecule has 0 aliphatic carbocycles. The summed E-state index contributed by atoms with van der Waals surface area (Å²) in [6, 6.07) is 3.60. The van der Waals surface area contributed by atoms with Gasteiger partial charge in [0.1, 0.15) is 0 Å². The maximum absolute atomic E-state index is 11.6. The molecule has 0 aliphatic heterocycles. The second kappa shape index (κ2) is 7.55. The molecule has 0 bridgehead atoms. The summed E-state index contributed by atoms with van der Waals surface area (Å²) in [7, 11) is 0. The summed E-state index contributed by atoms with van der Waals surface area (Å²) in [5.41, 5.74) is 0.333. The second-order valence-corrected chi connectivity index (χ2v) is 3.98. The normalized spacial score (nSPS) is 9.05. The number of nitrogens with one attached hydrogen (secondary N) is 3. The molecule has 3 amide bonds. The smallest absolute Gasteiger partial charge is 0.337 e. The van der Waals surface area contributed by atoms with E-state index in [1.165, 1.54) is 25.1 Å². The van der Waals surface area contributed by atoms with E-state index in [1.54, 1.807) is 6.92 Å². The van der Waals surface area contributed by atoms with Gasteiger partial charge in [-0.05, 0) is 25.1 Å². The highest BCUT2D eigenvalue weighted by atomic mass is 16.4. The van der Waals surface area contributed by atoms with Crippen LogP contribution in [0.5, 0.6) is 0 Å². The number of anilines is 2. The van der Waals surface area contributed by atoms with Gasteiger partial charge < -0.3 is 21.1 Å². The van der Waals surface area contributed by atoms with E-state index in [4.69, 9.17) is 5.11 Å². The number of benzene rings is 1. The maximum Gasteiger partial charge on any atom is 0.337 e. The van der Waals surface area contributed by atoms with Gasteiger partial charge in [0.25, 0.3) is 0 Å². The largest absolute Gasteiger partial charge is 0.478 e. The Morgan fingerprint density at radius 3 is 2.52 bits per heavy atom. The van der Waals surface area contributed by atoms with Crippen LogP contribution in [0, 0.1) is 11.8 Å². The average molecular weight is 289 g/mol. The van der Waals surface area contributed by atoms with Crippen molar-refractivity contribution in [1.29, 1.82) is 0 Å². The van der Waals surface area contributed by atoms with Crippen molar-refractivity contribution in [3.8, 4) is 11.8 Å². The van der Waals surface area contributed by atoms with Crippen molar-refractivity contribution in [2.24, 2.45) is 0 Å². The summed E-state index contributed by atoms with van der Waals surface area (Å²) >= 11 is 0. The minimum Gasteiger partial charge on any atom is -0.478 e. The van der Waals surface area contributed by atoms with E-state index >= 15 is 0 Å². The van der Waals surface area contributed by atoms with Crippen molar-refractivity contribution in [3.63, 3.8) is 0 Å². The third-order valence-electron chi connectivity index (χ3n) is 2.33. The fourth-order valence-electron chi connectivity index (χ4n) is 1.49. The first-order valence-electron chi connectivity index (χ1n) is 6.03. The molecular weight excluding hydrogens is 274 g/mol. The van der Waals surface area contributed by atoms with Crippen molar-refractivity contribution in [2.45, 2.75) is 13.8 Å². The van der Waals surface area contributed by atoms with Gasteiger partial charge in [-0.15, -0.1) is 5.92 Å². The molecular formula is C14H15N3O4. The van der Waals surface area contributed by atoms with Crippen LogP contribution in [0.2, 0.25) is 0 Å². The number of aromatic carboxylic acids is 1. The highest BCUT2D eigenvalue weighted by Crippen LogP contribution is 2.20. The highest BCUT2D eigenvalue weighted by molar-refractivity contribution is 6.01. The number of amides is 3. The van der Waals surface area contributed by atoms with Gasteiger partial charge in [-0.1, -0.05) is 5.92 Å². The van der Waals surface area contributed by atoms with Crippen LogP contribution in [0.4, 0.5) is 16.2 Å². The van der Waals surface area contributed by atoms with Crippen LogP contribution in [0.3, 0.4) is 0 Å². The van der Waals surface area contributed by atoms with Gasteiger partial charge in [0.2, 0.25) is 5.91 Å². The molecule has 0 spiro atoms. The van der Waals surface area contributed by atoms with Crippen LogP contribution >= 0.6 is 0 Å². The Labute approximate surface area is 121 Å². The number of carbonyl (C=O) groups excluding carboxylic acids is 2. The predicted molar refractivity (Wildman–Crippen MR) is 78.2 cm³/mol. The lowest BCUT2D eigenvalue weighted by atomic mass is 10.1. The lowest BCUT2D eigenvalue weighted by Gasteiger charge is -2.10. The summed E-state index contributed by atoms with van der Waals surface area (Å²) in [6.07, 6.45) is 0. The van der Waals surface area contributed by atoms with Crippen LogP contribution < -0.4 is 16.0 Å². The molecule has 1 aromatic rings. The Morgan fingerprint density at radius 2 is 1.95 bits per heavy atom. The topological polar surface area (TPSA) is 108 Å². The van der Waals surface area contributed by atoms with Crippen molar-refractivity contribution >= 4 is 29.3 Å². The van der Waals surface area contributed by atoms with E-state index in [0.717, 1.165) is 0 Å². The number of carboxylic acid groups (broad SMARTS) is 1. The van der Waals surface area contributed by atoms with Crippen LogP contribution in [-0.4, -0.2) is 29.6 Å². The zero-order valence-corrected chi connectivity index (χ0v) is 11.6. The molecule has 21 heavy (non-hydrogen) atoms. The SMILES string of the molecule is CC#CCNC(=O)Nc1ccc(NC(C)=O)cc1C(=O)O. The summed E-state index contributed by atoms with van der Waals surface area (Å²) in [4.78, 5) is 33.7. The van der Waals surface area contributed by atoms with Gasteiger partial charge >= 0.3 is 12.0 Å². The van der Waals surface area contributed by atoms with Crippen molar-refractivity contribution in [1.82, 2.24) is 5.32 Å². The quantitative estimate of drug-likeness (QED) is 0.630. The molecule has 0 heterocycles. The van der Waals surface area contributed by atoms with Crippen LogP contribution in [0.15, 0.2) is 18.2 Å². The molecule has 1 rings (SSSR count). The number of hydrogen-bond acceptors (Lipinski definition) is 3. The third-order valence-corrected chi connectivity index (χ3v) is 2.33. The number of carbonyl (C=O) groups is 3. The average Bonchev–Trinajstić information content (AvgIpc) is 2.40. The molecule has 0 unspecified atom stereocenters. The molecule has 0 aromatic heterocycles. The zero-order valence-electron chi connectivity index (χ0n) is 11.6. The van der Waals surface area contributed by atoms with Gasteiger partial charge in [0, 0.05) is 12.6 Å². The standard InChI is InChI=1S/C14H15N3O4/c1-3-4-7-15-14(21)17-12-6-5-10(16-9(2)18)8-11(12)13(19)20/h5-6,8H,7H2,1-2H3,(H,16,18)(H,19,20)(H2,15,17,21). The summed E-state index contributed by atoms with van der Waals surface area (Å²) in [5, 5.41) is 16.5. The van der Waals surface area contributed by atoms with Crippen molar-refractivity contribution in [3.05, 3.63) is 23.8 Å². The Morgan fingerprint density at radius 1 is 1.24 bits per heavy atom. The summed E-state index contributed by atoms with van der Waals surface area (Å²) in [6.45, 7) is 3.12. The van der Waals surface area contributed by atoms with Crippen LogP contribution in [-0.2, 0) is 4.79 Å². The molecule has 4 N–H and O–H groups in total. The van der Waals surface area contributed by atoms with Gasteiger partial charge in [-0.3, -0.25) is 4.79 Å². The van der Waals surface area contributed by atoms with Gasteiger partial charge in [0.05, 0.1) is 17.8 Å². The zero-order chi connectivity index (χ0) is 15.8. The molecule has 0 radical (unpaired) electrons. The second-order valence-electron chi connectivity index (χ2n) is 3.98. The first-order valence-corrected chi connectivity index (χ1v) is 6.03. The molecule has 0 saturated heterocycles. The first kappa shape index (κ1) is 16.0. The maximum atomic E-state index is 11.6. The number of rotatable bonds is 4. The fraction of sp³-hybridized carbons (Fsp3) is 0.214. The van der Waals surface area contributed by atoms with Gasteiger partial charge in [-0.25, -0.2) is 9.59 Å². The Balaban J connectivity index is 2.90. The van der Waals surface area contributed by atoms with Gasteiger partial charge in [-0.2, -0.15) is 0 Å². The highest BCUT2D eigenvalue weighted by Gasteiger charge is 2.13. The Hall–Kier alpha value is -3.01. The van der Waals surface area contributed by atoms with Gasteiger partial charge in [0.15, 0.2) is 0 Å². The molecule has 0 saturated carbocycles.